The maximum absolute atomic E-state index is 10.9. The fourth-order valence-electron chi connectivity index (χ4n) is 0.744. The molecule has 0 rings (SSSR count). The van der Waals surface area contributed by atoms with Gasteiger partial charge in [-0.1, -0.05) is 17.2 Å². The molecule has 14 heavy (non-hydrogen) atoms. The van der Waals surface area contributed by atoms with E-state index in [0.717, 1.165) is 17.1 Å². The molecule has 3 nitrogen and oxygen atoms in total. The summed E-state index contributed by atoms with van der Waals surface area (Å²) in [6, 6.07) is -0.507. The van der Waals surface area contributed by atoms with E-state index in [9.17, 15) is 4.79 Å². The van der Waals surface area contributed by atoms with Crippen LogP contribution in [0.3, 0.4) is 0 Å². The molecule has 2 N–H and O–H groups in total. The van der Waals surface area contributed by atoms with Crippen molar-refractivity contribution in [1.29, 1.82) is 0 Å². The molecule has 0 heterocycles. The van der Waals surface area contributed by atoms with Gasteiger partial charge in [0.1, 0.15) is 6.04 Å². The lowest BCUT2D eigenvalue weighted by molar-refractivity contribution is -0.142. The zero-order valence-corrected chi connectivity index (χ0v) is 10.0. The van der Waals surface area contributed by atoms with E-state index in [-0.39, 0.29) is 5.97 Å². The molecule has 0 saturated carbocycles. The molecule has 0 amide bonds. The van der Waals surface area contributed by atoms with E-state index in [0.29, 0.717) is 6.42 Å². The minimum atomic E-state index is -0.507. The third-order valence-electron chi connectivity index (χ3n) is 1.59. The van der Waals surface area contributed by atoms with Gasteiger partial charge in [-0.05, 0) is 19.1 Å². The molecule has 1 unspecified atom stereocenters. The lowest BCUT2D eigenvalue weighted by Gasteiger charge is -2.08. The Labute approximate surface area is 94.0 Å². The minimum Gasteiger partial charge on any atom is -0.468 e. The van der Waals surface area contributed by atoms with Crippen LogP contribution in [0.1, 0.15) is 13.3 Å². The molecule has 0 saturated heterocycles. The van der Waals surface area contributed by atoms with Crippen molar-refractivity contribution in [1.82, 2.24) is 0 Å². The second-order valence-electron chi connectivity index (χ2n) is 2.93. The Hall–Kier alpha value is -0.190. The number of thioether (sulfide) groups is 1. The summed E-state index contributed by atoms with van der Waals surface area (Å²) >= 11 is 7.19. The van der Waals surface area contributed by atoms with E-state index < -0.39 is 6.04 Å². The van der Waals surface area contributed by atoms with Crippen molar-refractivity contribution in [3.63, 3.8) is 0 Å². The van der Waals surface area contributed by atoms with Gasteiger partial charge < -0.3 is 10.5 Å². The Balaban J connectivity index is 3.50. The number of carbonyl (C=O) groups is 1. The average Bonchev–Trinajstić information content (AvgIpc) is 2.22. The van der Waals surface area contributed by atoms with Crippen molar-refractivity contribution >= 4 is 29.3 Å². The predicted molar refractivity (Wildman–Crippen MR) is 61.5 cm³/mol. The van der Waals surface area contributed by atoms with Crippen LogP contribution < -0.4 is 5.73 Å². The standard InChI is InChI=1S/C9H16ClNO2S/c1-7(5-10)6-14-4-3-8(11)9(12)13-2/h5,8H,3-4,6,11H2,1-2H3. The third-order valence-corrected chi connectivity index (χ3v) is 3.15. The molecule has 0 radical (unpaired) electrons. The number of rotatable bonds is 6. The Kier molecular flexibility index (Phi) is 8.04. The molecule has 5 heteroatoms. The molecular weight excluding hydrogens is 222 g/mol. The fraction of sp³-hybridized carbons (Fsp3) is 0.667. The van der Waals surface area contributed by atoms with Crippen LogP contribution in [0, 0.1) is 0 Å². The molecule has 0 bridgehead atoms. The average molecular weight is 238 g/mol. The third kappa shape index (κ3) is 6.29. The quantitative estimate of drug-likeness (QED) is 0.565. The van der Waals surface area contributed by atoms with Crippen molar-refractivity contribution in [3.05, 3.63) is 11.1 Å². The summed E-state index contributed by atoms with van der Waals surface area (Å²) in [5.74, 6) is 1.35. The van der Waals surface area contributed by atoms with Crippen LogP contribution in [-0.2, 0) is 9.53 Å². The number of methoxy groups -OCH3 is 1. The van der Waals surface area contributed by atoms with Gasteiger partial charge in [0, 0.05) is 11.3 Å². The molecule has 0 spiro atoms. The first-order valence-corrected chi connectivity index (χ1v) is 5.88. The fourth-order valence-corrected chi connectivity index (χ4v) is 1.88. The number of ether oxygens (including phenoxy) is 1. The highest BCUT2D eigenvalue weighted by atomic mass is 35.5. The first kappa shape index (κ1) is 13.8. The predicted octanol–water partition coefficient (Wildman–Crippen LogP) is 1.75. The van der Waals surface area contributed by atoms with E-state index >= 15 is 0 Å². The molecule has 0 aromatic rings. The second-order valence-corrected chi connectivity index (χ2v) is 4.25. The van der Waals surface area contributed by atoms with Gasteiger partial charge >= 0.3 is 5.97 Å². The van der Waals surface area contributed by atoms with Crippen LogP contribution in [0.5, 0.6) is 0 Å². The first-order chi connectivity index (χ1) is 6.61. The smallest absolute Gasteiger partial charge is 0.322 e. The monoisotopic (exact) mass is 237 g/mol. The summed E-state index contributed by atoms with van der Waals surface area (Å²) in [4.78, 5) is 10.9. The number of hydrogen-bond donors (Lipinski definition) is 1. The van der Waals surface area contributed by atoms with Crippen molar-refractivity contribution in [3.8, 4) is 0 Å². The molecule has 0 aliphatic heterocycles. The molecule has 0 aliphatic carbocycles. The highest BCUT2D eigenvalue weighted by Crippen LogP contribution is 2.10. The molecular formula is C9H16ClNO2S. The number of halogens is 1. The Morgan fingerprint density at radius 2 is 2.36 bits per heavy atom. The first-order valence-electron chi connectivity index (χ1n) is 4.28. The number of esters is 1. The van der Waals surface area contributed by atoms with Crippen molar-refractivity contribution in [2.75, 3.05) is 18.6 Å². The molecule has 1 atom stereocenters. The van der Waals surface area contributed by atoms with Crippen LogP contribution in [0.4, 0.5) is 0 Å². The Morgan fingerprint density at radius 3 is 2.86 bits per heavy atom. The number of carbonyl (C=O) groups excluding carboxylic acids is 1. The van der Waals surface area contributed by atoms with Crippen LogP contribution in [0.25, 0.3) is 0 Å². The molecule has 82 valence electrons. The van der Waals surface area contributed by atoms with E-state index in [4.69, 9.17) is 17.3 Å². The van der Waals surface area contributed by atoms with E-state index in [1.807, 2.05) is 6.92 Å². The zero-order valence-electron chi connectivity index (χ0n) is 8.46. The maximum atomic E-state index is 10.9. The van der Waals surface area contributed by atoms with Crippen LogP contribution >= 0.6 is 23.4 Å². The highest BCUT2D eigenvalue weighted by Gasteiger charge is 2.12. The van der Waals surface area contributed by atoms with Gasteiger partial charge in [0.2, 0.25) is 0 Å². The number of hydrogen-bond acceptors (Lipinski definition) is 4. The van der Waals surface area contributed by atoms with Crippen molar-refractivity contribution in [2.45, 2.75) is 19.4 Å². The second kappa shape index (κ2) is 8.15. The summed E-state index contributed by atoms with van der Waals surface area (Å²) in [6.45, 7) is 1.96. The Morgan fingerprint density at radius 1 is 1.71 bits per heavy atom. The van der Waals surface area contributed by atoms with Gasteiger partial charge in [0.15, 0.2) is 0 Å². The van der Waals surface area contributed by atoms with Crippen LogP contribution in [-0.4, -0.2) is 30.6 Å². The summed E-state index contributed by atoms with van der Waals surface area (Å²) in [7, 11) is 1.34. The van der Waals surface area contributed by atoms with Crippen molar-refractivity contribution < 1.29 is 9.53 Å². The summed E-state index contributed by atoms with van der Waals surface area (Å²) in [5, 5.41) is 0. The SMILES string of the molecule is COC(=O)C(N)CCSCC(C)=CCl. The molecule has 0 aromatic heterocycles. The van der Waals surface area contributed by atoms with Crippen LogP contribution in [0.2, 0.25) is 0 Å². The maximum Gasteiger partial charge on any atom is 0.322 e. The van der Waals surface area contributed by atoms with Crippen molar-refractivity contribution in [2.24, 2.45) is 5.73 Å². The van der Waals surface area contributed by atoms with E-state index in [2.05, 4.69) is 4.74 Å². The summed E-state index contributed by atoms with van der Waals surface area (Å²) in [6.07, 6.45) is 0.632. The van der Waals surface area contributed by atoms with E-state index in [1.165, 1.54) is 7.11 Å². The Bertz CT molecular complexity index is 209. The van der Waals surface area contributed by atoms with Crippen LogP contribution in [0.15, 0.2) is 11.1 Å². The lowest BCUT2D eigenvalue weighted by atomic mass is 10.2. The minimum absolute atomic E-state index is 0.352. The molecule has 0 fully saturated rings. The lowest BCUT2D eigenvalue weighted by Crippen LogP contribution is -2.32. The zero-order chi connectivity index (χ0) is 11.0. The van der Waals surface area contributed by atoms with Gasteiger partial charge in [-0.25, -0.2) is 0 Å². The van der Waals surface area contributed by atoms with Gasteiger partial charge in [0.05, 0.1) is 7.11 Å². The largest absolute Gasteiger partial charge is 0.468 e. The van der Waals surface area contributed by atoms with E-state index in [1.54, 1.807) is 17.3 Å². The summed E-state index contributed by atoms with van der Waals surface area (Å²) in [5.41, 5.74) is 8.23. The number of nitrogens with two attached hydrogens (primary N) is 1. The van der Waals surface area contributed by atoms with Gasteiger partial charge in [-0.2, -0.15) is 11.8 Å². The summed E-state index contributed by atoms with van der Waals surface area (Å²) < 4.78 is 4.51. The topological polar surface area (TPSA) is 52.3 Å². The molecule has 0 aromatic carbocycles. The normalized spacial score (nSPS) is 13.9. The highest BCUT2D eigenvalue weighted by molar-refractivity contribution is 7.99. The van der Waals surface area contributed by atoms with Gasteiger partial charge in [-0.15, -0.1) is 0 Å². The van der Waals surface area contributed by atoms with Gasteiger partial charge in [0.25, 0.3) is 0 Å². The van der Waals surface area contributed by atoms with Gasteiger partial charge in [-0.3, -0.25) is 4.79 Å². The molecule has 0 aliphatic rings.